The van der Waals surface area contributed by atoms with Crippen molar-refractivity contribution >= 4 is 10.8 Å². The van der Waals surface area contributed by atoms with Gasteiger partial charge in [-0.2, -0.15) is 5.10 Å². The van der Waals surface area contributed by atoms with Gasteiger partial charge in [0, 0.05) is 18.8 Å². The van der Waals surface area contributed by atoms with Crippen molar-refractivity contribution in [1.82, 2.24) is 15.1 Å². The van der Waals surface area contributed by atoms with Gasteiger partial charge in [-0.1, -0.05) is 30.3 Å². The van der Waals surface area contributed by atoms with Gasteiger partial charge in [-0.3, -0.25) is 0 Å². The molecule has 0 atom stereocenters. The average molecular weight is 263 g/mol. The Morgan fingerprint density at radius 2 is 1.90 bits per heavy atom. The first-order valence-corrected chi connectivity index (χ1v) is 7.16. The van der Waals surface area contributed by atoms with Crippen LogP contribution in [-0.4, -0.2) is 15.8 Å². The number of benzene rings is 2. The Hall–Kier alpha value is -2.13. The van der Waals surface area contributed by atoms with Crippen LogP contribution in [0.5, 0.6) is 0 Å². The normalized spacial score (nSPS) is 14.8. The van der Waals surface area contributed by atoms with E-state index in [-0.39, 0.29) is 0 Å². The molecule has 3 heteroatoms. The number of nitrogens with one attached hydrogen (secondary N) is 1. The highest BCUT2D eigenvalue weighted by Gasteiger charge is 2.20. The highest BCUT2D eigenvalue weighted by atomic mass is 15.3. The summed E-state index contributed by atoms with van der Waals surface area (Å²) in [4.78, 5) is 0. The van der Waals surface area contributed by atoms with Crippen LogP contribution in [0.4, 0.5) is 0 Å². The SMILES string of the molecule is c1ccc2cc(-n3ccc(CNC4CC4)n3)ccc2c1. The zero-order chi connectivity index (χ0) is 13.4. The van der Waals surface area contributed by atoms with Crippen molar-refractivity contribution in [2.24, 2.45) is 0 Å². The molecule has 1 aromatic heterocycles. The molecule has 0 spiro atoms. The summed E-state index contributed by atoms with van der Waals surface area (Å²) >= 11 is 0. The Morgan fingerprint density at radius 3 is 2.75 bits per heavy atom. The molecule has 0 unspecified atom stereocenters. The zero-order valence-corrected chi connectivity index (χ0v) is 11.3. The third-order valence-corrected chi connectivity index (χ3v) is 3.79. The van der Waals surface area contributed by atoms with Crippen LogP contribution in [0.1, 0.15) is 18.5 Å². The molecule has 2 aromatic carbocycles. The first-order chi connectivity index (χ1) is 9.88. The summed E-state index contributed by atoms with van der Waals surface area (Å²) in [5, 5.41) is 10.6. The highest BCUT2D eigenvalue weighted by molar-refractivity contribution is 5.84. The molecule has 1 saturated carbocycles. The molecule has 1 fully saturated rings. The largest absolute Gasteiger partial charge is 0.308 e. The number of rotatable bonds is 4. The first-order valence-electron chi connectivity index (χ1n) is 7.16. The van der Waals surface area contributed by atoms with Gasteiger partial charge in [0.1, 0.15) is 0 Å². The molecule has 4 rings (SSSR count). The topological polar surface area (TPSA) is 29.9 Å². The van der Waals surface area contributed by atoms with Crippen molar-refractivity contribution in [2.75, 3.05) is 0 Å². The maximum atomic E-state index is 4.64. The Morgan fingerprint density at radius 1 is 1.05 bits per heavy atom. The van der Waals surface area contributed by atoms with E-state index >= 15 is 0 Å². The summed E-state index contributed by atoms with van der Waals surface area (Å²) in [6, 6.07) is 17.7. The second-order valence-electron chi connectivity index (χ2n) is 5.44. The Kier molecular flexibility index (Phi) is 2.78. The van der Waals surface area contributed by atoms with Gasteiger partial charge in [0.25, 0.3) is 0 Å². The molecule has 100 valence electrons. The second kappa shape index (κ2) is 4.76. The second-order valence-corrected chi connectivity index (χ2v) is 5.44. The van der Waals surface area contributed by atoms with Crippen molar-refractivity contribution in [3.63, 3.8) is 0 Å². The minimum Gasteiger partial charge on any atom is -0.308 e. The lowest BCUT2D eigenvalue weighted by atomic mass is 10.1. The summed E-state index contributed by atoms with van der Waals surface area (Å²) in [5.74, 6) is 0. The maximum absolute atomic E-state index is 4.64. The van der Waals surface area contributed by atoms with Gasteiger partial charge in [0.15, 0.2) is 0 Å². The number of nitrogens with zero attached hydrogens (tertiary/aromatic N) is 2. The van der Waals surface area contributed by atoms with E-state index in [2.05, 4.69) is 58.9 Å². The van der Waals surface area contributed by atoms with Gasteiger partial charge in [0.05, 0.1) is 11.4 Å². The van der Waals surface area contributed by atoms with E-state index in [0.717, 1.165) is 24.0 Å². The Balaban J connectivity index is 1.60. The van der Waals surface area contributed by atoms with Gasteiger partial charge in [-0.05, 0) is 41.8 Å². The van der Waals surface area contributed by atoms with Crippen LogP contribution < -0.4 is 5.32 Å². The molecule has 1 heterocycles. The number of hydrogen-bond donors (Lipinski definition) is 1. The maximum Gasteiger partial charge on any atom is 0.0766 e. The zero-order valence-electron chi connectivity index (χ0n) is 11.3. The van der Waals surface area contributed by atoms with Gasteiger partial charge in [-0.15, -0.1) is 0 Å². The van der Waals surface area contributed by atoms with Gasteiger partial charge in [-0.25, -0.2) is 4.68 Å². The summed E-state index contributed by atoms with van der Waals surface area (Å²) in [5.41, 5.74) is 2.21. The summed E-state index contributed by atoms with van der Waals surface area (Å²) in [6.07, 6.45) is 4.66. The minimum atomic E-state index is 0.723. The Labute approximate surface area is 118 Å². The number of hydrogen-bond acceptors (Lipinski definition) is 2. The van der Waals surface area contributed by atoms with Crippen LogP contribution in [0.15, 0.2) is 54.7 Å². The molecule has 0 radical (unpaired) electrons. The lowest BCUT2D eigenvalue weighted by molar-refractivity contribution is 0.665. The molecule has 0 bridgehead atoms. The van der Waals surface area contributed by atoms with E-state index in [1.165, 1.54) is 23.6 Å². The fourth-order valence-electron chi connectivity index (χ4n) is 2.46. The van der Waals surface area contributed by atoms with Gasteiger partial charge >= 0.3 is 0 Å². The predicted octanol–water partition coefficient (Wildman–Crippen LogP) is 3.28. The standard InChI is InChI=1S/C17H17N3/c1-2-4-14-11-17(8-5-13(14)3-1)20-10-9-16(19-20)12-18-15-6-7-15/h1-5,8-11,15,18H,6-7,12H2. The van der Waals surface area contributed by atoms with Crippen molar-refractivity contribution in [1.29, 1.82) is 0 Å². The van der Waals surface area contributed by atoms with Gasteiger partial charge in [0.2, 0.25) is 0 Å². The molecule has 3 nitrogen and oxygen atoms in total. The summed E-state index contributed by atoms with van der Waals surface area (Å²) in [6.45, 7) is 0.866. The monoisotopic (exact) mass is 263 g/mol. The number of aromatic nitrogens is 2. The summed E-state index contributed by atoms with van der Waals surface area (Å²) in [7, 11) is 0. The van der Waals surface area contributed by atoms with E-state index in [9.17, 15) is 0 Å². The molecule has 0 saturated heterocycles. The molecular formula is C17H17N3. The third-order valence-electron chi connectivity index (χ3n) is 3.79. The van der Waals surface area contributed by atoms with Crippen LogP contribution in [0.2, 0.25) is 0 Å². The third kappa shape index (κ3) is 2.32. The molecule has 1 aliphatic rings. The van der Waals surface area contributed by atoms with E-state index in [1.807, 2.05) is 10.9 Å². The lowest BCUT2D eigenvalue weighted by Crippen LogP contribution is -2.15. The summed E-state index contributed by atoms with van der Waals surface area (Å²) < 4.78 is 1.95. The molecule has 1 aliphatic carbocycles. The Bertz CT molecular complexity index is 741. The molecule has 20 heavy (non-hydrogen) atoms. The van der Waals surface area contributed by atoms with Crippen molar-refractivity contribution in [3.8, 4) is 5.69 Å². The van der Waals surface area contributed by atoms with Crippen LogP contribution >= 0.6 is 0 Å². The van der Waals surface area contributed by atoms with Crippen molar-refractivity contribution in [2.45, 2.75) is 25.4 Å². The quantitative estimate of drug-likeness (QED) is 0.783. The van der Waals surface area contributed by atoms with E-state index < -0.39 is 0 Å². The van der Waals surface area contributed by atoms with Crippen molar-refractivity contribution in [3.05, 3.63) is 60.4 Å². The highest BCUT2D eigenvalue weighted by Crippen LogP contribution is 2.20. The minimum absolute atomic E-state index is 0.723. The van der Waals surface area contributed by atoms with Crippen LogP contribution in [0.3, 0.4) is 0 Å². The first kappa shape index (κ1) is 11.7. The fourth-order valence-corrected chi connectivity index (χ4v) is 2.46. The van der Waals surface area contributed by atoms with E-state index in [4.69, 9.17) is 0 Å². The molecule has 0 amide bonds. The van der Waals surface area contributed by atoms with Gasteiger partial charge < -0.3 is 5.32 Å². The fraction of sp³-hybridized carbons (Fsp3) is 0.235. The van der Waals surface area contributed by atoms with Crippen LogP contribution in [0, 0.1) is 0 Å². The van der Waals surface area contributed by atoms with Crippen LogP contribution in [0.25, 0.3) is 16.5 Å². The van der Waals surface area contributed by atoms with E-state index in [1.54, 1.807) is 0 Å². The predicted molar refractivity (Wildman–Crippen MR) is 80.9 cm³/mol. The molecule has 1 N–H and O–H groups in total. The molecule has 0 aliphatic heterocycles. The lowest BCUT2D eigenvalue weighted by Gasteiger charge is -2.04. The number of fused-ring (bicyclic) bond motifs is 1. The van der Waals surface area contributed by atoms with Crippen LogP contribution in [-0.2, 0) is 6.54 Å². The molecule has 3 aromatic rings. The smallest absolute Gasteiger partial charge is 0.0766 e. The average Bonchev–Trinajstić information content (AvgIpc) is 3.21. The van der Waals surface area contributed by atoms with E-state index in [0.29, 0.717) is 0 Å². The van der Waals surface area contributed by atoms with Crippen molar-refractivity contribution < 1.29 is 0 Å². The molecular weight excluding hydrogens is 246 g/mol.